The zero-order chi connectivity index (χ0) is 51.1. The van der Waals surface area contributed by atoms with Crippen molar-refractivity contribution < 1.29 is 9.47 Å². The van der Waals surface area contributed by atoms with Crippen LogP contribution < -0.4 is 14.4 Å². The standard InChI is InChI=1S/C74H45NO2S/c1-4-20-58-53(16-1)54-42-41-51(45-65(54)74(58)62-24-8-12-29-68(62)77-69-30-13-9-25-63(69)74)75(49-37-32-46(33-38-49)48-36-43-71-57(44-48)55-17-3-14-31-70(55)78-71)50-39-34-47(35-40-50)52-19-15-26-64-72(52)56-18-2-5-21-59(56)73(64)60-22-6-10-27-66(60)76-67-28-11-7-23-61(67)73/h1-45H. The van der Waals surface area contributed by atoms with E-state index in [9.17, 15) is 0 Å². The molecule has 0 saturated heterocycles. The molecule has 0 saturated carbocycles. The highest BCUT2D eigenvalue weighted by atomic mass is 32.1. The summed E-state index contributed by atoms with van der Waals surface area (Å²) in [7, 11) is 0. The first-order valence-corrected chi connectivity index (χ1v) is 27.6. The fourth-order valence-electron chi connectivity index (χ4n) is 14.1. The number of nitrogens with zero attached hydrogens (tertiary/aromatic N) is 1. The average molecular weight is 1010 g/mol. The lowest BCUT2D eigenvalue weighted by Gasteiger charge is -2.39. The molecule has 0 atom stereocenters. The van der Waals surface area contributed by atoms with Gasteiger partial charge in [-0.2, -0.15) is 0 Å². The van der Waals surface area contributed by atoms with Crippen LogP contribution in [0.3, 0.4) is 0 Å². The molecule has 0 radical (unpaired) electrons. The summed E-state index contributed by atoms with van der Waals surface area (Å²) in [6.07, 6.45) is 0. The lowest BCUT2D eigenvalue weighted by molar-refractivity contribution is 0.436. The lowest BCUT2D eigenvalue weighted by atomic mass is 9.66. The van der Waals surface area contributed by atoms with E-state index >= 15 is 0 Å². The van der Waals surface area contributed by atoms with Gasteiger partial charge in [0.05, 0.1) is 10.8 Å². The van der Waals surface area contributed by atoms with E-state index in [1.165, 1.54) is 81.4 Å². The van der Waals surface area contributed by atoms with E-state index in [0.29, 0.717) is 0 Å². The molecule has 0 unspecified atom stereocenters. The van der Waals surface area contributed by atoms with Gasteiger partial charge in [-0.15, -0.1) is 11.3 Å². The zero-order valence-electron chi connectivity index (χ0n) is 42.2. The van der Waals surface area contributed by atoms with E-state index in [1.54, 1.807) is 0 Å². The minimum absolute atomic E-state index is 0.546. The fraction of sp³-hybridized carbons (Fsp3) is 0.0270. The Labute approximate surface area is 456 Å². The lowest BCUT2D eigenvalue weighted by Crippen LogP contribution is -2.32. The van der Waals surface area contributed by atoms with Crippen LogP contribution in [-0.2, 0) is 10.8 Å². The molecular weight excluding hydrogens is 967 g/mol. The quantitative estimate of drug-likeness (QED) is 0.171. The Balaban J connectivity index is 0.845. The molecule has 3 nitrogen and oxygen atoms in total. The molecule has 3 heterocycles. The van der Waals surface area contributed by atoms with Crippen LogP contribution >= 0.6 is 11.3 Å². The van der Waals surface area contributed by atoms with Crippen molar-refractivity contribution in [1.82, 2.24) is 0 Å². The molecule has 12 aromatic carbocycles. The highest BCUT2D eigenvalue weighted by Gasteiger charge is 2.53. The molecule has 0 fully saturated rings. The Bertz CT molecular complexity index is 4550. The van der Waals surface area contributed by atoms with Gasteiger partial charge in [0, 0.05) is 59.5 Å². The third-order valence-corrected chi connectivity index (χ3v) is 18.4. The molecule has 17 rings (SSSR count). The Morgan fingerprint density at radius 2 is 0.705 bits per heavy atom. The topological polar surface area (TPSA) is 21.7 Å². The number of hydrogen-bond acceptors (Lipinski definition) is 4. The van der Waals surface area contributed by atoms with Crippen LogP contribution in [0.15, 0.2) is 273 Å². The minimum Gasteiger partial charge on any atom is -0.457 e. The monoisotopic (exact) mass is 1010 g/mol. The zero-order valence-corrected chi connectivity index (χ0v) is 43.0. The van der Waals surface area contributed by atoms with Gasteiger partial charge in [-0.25, -0.2) is 0 Å². The smallest absolute Gasteiger partial charge is 0.132 e. The van der Waals surface area contributed by atoms with Crippen molar-refractivity contribution in [2.45, 2.75) is 10.8 Å². The van der Waals surface area contributed by atoms with E-state index in [2.05, 4.69) is 278 Å². The van der Waals surface area contributed by atoms with Crippen molar-refractivity contribution in [2.75, 3.05) is 4.90 Å². The predicted molar refractivity (Wildman–Crippen MR) is 320 cm³/mol. The van der Waals surface area contributed by atoms with Gasteiger partial charge >= 0.3 is 0 Å². The Hall–Kier alpha value is -9.74. The molecule has 0 N–H and O–H groups in total. The van der Waals surface area contributed by atoms with E-state index < -0.39 is 10.8 Å². The van der Waals surface area contributed by atoms with Crippen LogP contribution in [0.4, 0.5) is 17.1 Å². The summed E-state index contributed by atoms with van der Waals surface area (Å²) in [4.78, 5) is 2.44. The second-order valence-electron chi connectivity index (χ2n) is 21.0. The van der Waals surface area contributed by atoms with Crippen molar-refractivity contribution in [3.05, 3.63) is 317 Å². The van der Waals surface area contributed by atoms with E-state index in [0.717, 1.165) is 67.9 Å². The summed E-state index contributed by atoms with van der Waals surface area (Å²) in [6, 6.07) is 100. The van der Waals surface area contributed by atoms with Gasteiger partial charge < -0.3 is 14.4 Å². The van der Waals surface area contributed by atoms with Crippen LogP contribution in [-0.4, -0.2) is 0 Å². The molecule has 2 spiro atoms. The van der Waals surface area contributed by atoms with Crippen molar-refractivity contribution in [2.24, 2.45) is 0 Å². The number of hydrogen-bond donors (Lipinski definition) is 0. The van der Waals surface area contributed by atoms with Gasteiger partial charge in [0.15, 0.2) is 0 Å². The minimum atomic E-state index is -0.607. The van der Waals surface area contributed by atoms with Crippen LogP contribution in [0, 0.1) is 0 Å². The number of benzene rings is 12. The van der Waals surface area contributed by atoms with E-state index in [4.69, 9.17) is 9.47 Å². The van der Waals surface area contributed by atoms with Crippen molar-refractivity contribution in [3.8, 4) is 67.5 Å². The van der Waals surface area contributed by atoms with Crippen LogP contribution in [0.1, 0.15) is 44.5 Å². The molecule has 1 aromatic heterocycles. The molecular formula is C74H45NO2S. The molecule has 78 heavy (non-hydrogen) atoms. The average Bonchev–Trinajstić information content (AvgIpc) is 4.09. The second kappa shape index (κ2) is 16.4. The van der Waals surface area contributed by atoms with Crippen LogP contribution in [0.2, 0.25) is 0 Å². The van der Waals surface area contributed by atoms with Gasteiger partial charge in [-0.3, -0.25) is 0 Å². The number of fused-ring (bicyclic) bond motifs is 21. The van der Waals surface area contributed by atoms with Gasteiger partial charge in [0.1, 0.15) is 23.0 Å². The third kappa shape index (κ3) is 5.87. The molecule has 2 aliphatic carbocycles. The van der Waals surface area contributed by atoms with Gasteiger partial charge in [-0.1, -0.05) is 194 Å². The molecule has 0 amide bonds. The number of ether oxygens (including phenoxy) is 2. The Morgan fingerprint density at radius 3 is 1.33 bits per heavy atom. The normalized spacial score (nSPS) is 14.1. The maximum absolute atomic E-state index is 6.74. The molecule has 2 aliphatic heterocycles. The largest absolute Gasteiger partial charge is 0.457 e. The summed E-state index contributed by atoms with van der Waals surface area (Å²) >= 11 is 1.86. The van der Waals surface area contributed by atoms with Crippen molar-refractivity contribution >= 4 is 48.6 Å². The summed E-state index contributed by atoms with van der Waals surface area (Å²) in [5.41, 5.74) is 21.4. The first-order chi connectivity index (χ1) is 38.7. The van der Waals surface area contributed by atoms with Crippen LogP contribution in [0.25, 0.3) is 64.7 Å². The fourth-order valence-corrected chi connectivity index (χ4v) is 15.2. The van der Waals surface area contributed by atoms with Crippen LogP contribution in [0.5, 0.6) is 23.0 Å². The second-order valence-corrected chi connectivity index (χ2v) is 22.1. The Kier molecular flexibility index (Phi) is 9.14. The highest BCUT2D eigenvalue weighted by Crippen LogP contribution is 2.65. The number of thiophene rings is 1. The SMILES string of the molecule is c1ccc2c(c1)Oc1ccccc1C21c2ccccc2-c2ccc(N(c3ccc(-c4ccc5sc6ccccc6c5c4)cc3)c3ccc(-c4cccc5c4-c4ccccc4C54c5ccccc5Oc5ccccc54)cc3)cc21. The summed E-state index contributed by atoms with van der Waals surface area (Å²) in [6.45, 7) is 0. The molecule has 13 aromatic rings. The van der Waals surface area contributed by atoms with Crippen molar-refractivity contribution in [1.29, 1.82) is 0 Å². The van der Waals surface area contributed by atoms with Gasteiger partial charge in [0.2, 0.25) is 0 Å². The molecule has 0 bridgehead atoms. The summed E-state index contributed by atoms with van der Waals surface area (Å²) < 4.78 is 16.0. The molecule has 4 heteroatoms. The van der Waals surface area contributed by atoms with E-state index in [1.807, 2.05) is 11.3 Å². The maximum atomic E-state index is 6.74. The first kappa shape index (κ1) is 43.5. The van der Waals surface area contributed by atoms with Gasteiger partial charge in [-0.05, 0) is 146 Å². The summed E-state index contributed by atoms with van der Waals surface area (Å²) in [5.74, 6) is 3.55. The summed E-state index contributed by atoms with van der Waals surface area (Å²) in [5, 5.41) is 2.61. The molecule has 4 aliphatic rings. The Morgan fingerprint density at radius 1 is 0.269 bits per heavy atom. The number of anilines is 3. The first-order valence-electron chi connectivity index (χ1n) is 26.8. The maximum Gasteiger partial charge on any atom is 0.132 e. The third-order valence-electron chi connectivity index (χ3n) is 17.2. The highest BCUT2D eigenvalue weighted by molar-refractivity contribution is 7.25. The van der Waals surface area contributed by atoms with Crippen molar-refractivity contribution in [3.63, 3.8) is 0 Å². The van der Waals surface area contributed by atoms with Gasteiger partial charge in [0.25, 0.3) is 0 Å². The number of para-hydroxylation sites is 4. The molecule has 364 valence electrons. The predicted octanol–water partition coefficient (Wildman–Crippen LogP) is 19.8. The number of rotatable bonds is 5. The van der Waals surface area contributed by atoms with E-state index in [-0.39, 0.29) is 0 Å².